The minimum Gasteiger partial charge on any atom is -0.255 e. The fraction of sp³-hybridized carbons (Fsp3) is 0. The zero-order chi connectivity index (χ0) is 9.42. The second-order valence-corrected chi connectivity index (χ2v) is 4.45. The lowest BCUT2D eigenvalue weighted by molar-refractivity contribution is 1.31. The first-order valence-electron chi connectivity index (χ1n) is 3.44. The lowest BCUT2D eigenvalue weighted by atomic mass is 10.3. The summed E-state index contributed by atoms with van der Waals surface area (Å²) < 4.78 is 1.02. The molecule has 66 valence electrons. The Morgan fingerprint density at radius 1 is 1.23 bits per heavy atom. The molecule has 0 aliphatic carbocycles. The molecule has 0 unspecified atom stereocenters. The van der Waals surface area contributed by atoms with Crippen molar-refractivity contribution in [3.05, 3.63) is 32.2 Å². The Morgan fingerprint density at radius 3 is 2.77 bits per heavy atom. The van der Waals surface area contributed by atoms with E-state index in [4.69, 9.17) is 23.2 Å². The summed E-state index contributed by atoms with van der Waals surface area (Å²) in [6.07, 6.45) is 1.76. The van der Waals surface area contributed by atoms with E-state index in [1.54, 1.807) is 12.3 Å². The van der Waals surface area contributed by atoms with Gasteiger partial charge in [0.1, 0.15) is 10.3 Å². The maximum Gasteiger partial charge on any atom is 0.140 e. The van der Waals surface area contributed by atoms with Crippen molar-refractivity contribution in [1.82, 2.24) is 9.97 Å². The van der Waals surface area contributed by atoms with E-state index in [-0.39, 0.29) is 0 Å². The van der Waals surface area contributed by atoms with Gasteiger partial charge in [0.25, 0.3) is 0 Å². The molecule has 0 aliphatic heterocycles. The van der Waals surface area contributed by atoms with Crippen molar-refractivity contribution < 1.29 is 0 Å². The monoisotopic (exact) mass is 324 g/mol. The Balaban J connectivity index is 2.87. The maximum atomic E-state index is 5.90. The lowest BCUT2D eigenvalue weighted by Crippen LogP contribution is -1.85. The van der Waals surface area contributed by atoms with Crippen molar-refractivity contribution in [2.45, 2.75) is 0 Å². The first kappa shape index (κ1) is 9.43. The topological polar surface area (TPSA) is 25.8 Å². The van der Waals surface area contributed by atoms with Crippen LogP contribution in [0.25, 0.3) is 10.9 Å². The molecule has 13 heavy (non-hydrogen) atoms. The molecule has 0 atom stereocenters. The molecule has 0 bridgehead atoms. The molecule has 2 rings (SSSR count). The van der Waals surface area contributed by atoms with Crippen LogP contribution in [-0.4, -0.2) is 9.97 Å². The molecule has 0 fully saturated rings. The first-order chi connectivity index (χ1) is 6.16. The van der Waals surface area contributed by atoms with Crippen LogP contribution in [-0.2, 0) is 0 Å². The van der Waals surface area contributed by atoms with Gasteiger partial charge in [0.05, 0.1) is 5.52 Å². The molecule has 2 aromatic rings. The number of fused-ring (bicyclic) bond motifs is 1. The van der Waals surface area contributed by atoms with Gasteiger partial charge in [0.2, 0.25) is 0 Å². The fourth-order valence-corrected chi connectivity index (χ4v) is 1.95. The summed E-state index contributed by atoms with van der Waals surface area (Å²) in [5, 5.41) is 1.60. The highest BCUT2D eigenvalue weighted by molar-refractivity contribution is 14.1. The number of pyridine rings is 2. The third-order valence-electron chi connectivity index (χ3n) is 1.57. The smallest absolute Gasteiger partial charge is 0.140 e. The second kappa shape index (κ2) is 3.55. The van der Waals surface area contributed by atoms with E-state index in [0.29, 0.717) is 10.3 Å². The standard InChI is InChI=1S/C8H3Cl2IN2/c9-7-2-6-5(8(10)13-7)1-4(11)3-12-6/h1-3H. The van der Waals surface area contributed by atoms with E-state index < -0.39 is 0 Å². The van der Waals surface area contributed by atoms with Crippen LogP contribution in [0.4, 0.5) is 0 Å². The molecular formula is C8H3Cl2IN2. The van der Waals surface area contributed by atoms with E-state index in [1.807, 2.05) is 6.07 Å². The molecule has 0 amide bonds. The summed E-state index contributed by atoms with van der Waals surface area (Å²) in [6, 6.07) is 3.62. The first-order valence-corrected chi connectivity index (χ1v) is 5.27. The molecule has 0 aliphatic rings. The van der Waals surface area contributed by atoms with Crippen molar-refractivity contribution in [2.24, 2.45) is 0 Å². The molecule has 0 saturated heterocycles. The van der Waals surface area contributed by atoms with E-state index >= 15 is 0 Å². The van der Waals surface area contributed by atoms with E-state index in [1.165, 1.54) is 0 Å². The number of nitrogens with zero attached hydrogens (tertiary/aromatic N) is 2. The fourth-order valence-electron chi connectivity index (χ4n) is 1.03. The molecule has 0 radical (unpaired) electrons. The highest BCUT2D eigenvalue weighted by atomic mass is 127. The predicted octanol–water partition coefficient (Wildman–Crippen LogP) is 3.54. The van der Waals surface area contributed by atoms with Crippen LogP contribution in [0.15, 0.2) is 18.3 Å². The molecule has 2 nitrogen and oxygen atoms in total. The van der Waals surface area contributed by atoms with Crippen LogP contribution in [0.5, 0.6) is 0 Å². The van der Waals surface area contributed by atoms with Gasteiger partial charge in [-0.2, -0.15) is 0 Å². The number of aromatic nitrogens is 2. The van der Waals surface area contributed by atoms with Crippen LogP contribution < -0.4 is 0 Å². The van der Waals surface area contributed by atoms with E-state index in [0.717, 1.165) is 14.5 Å². The number of hydrogen-bond acceptors (Lipinski definition) is 2. The molecule has 0 aromatic carbocycles. The SMILES string of the molecule is Clc1cc2ncc(I)cc2c(Cl)n1. The van der Waals surface area contributed by atoms with Crippen LogP contribution >= 0.6 is 45.8 Å². The quantitative estimate of drug-likeness (QED) is 0.547. The summed E-state index contributed by atoms with van der Waals surface area (Å²) in [7, 11) is 0. The molecule has 5 heteroatoms. The zero-order valence-corrected chi connectivity index (χ0v) is 9.93. The van der Waals surface area contributed by atoms with Crippen molar-refractivity contribution in [3.63, 3.8) is 0 Å². The van der Waals surface area contributed by atoms with Crippen LogP contribution in [0, 0.1) is 3.57 Å². The zero-order valence-electron chi connectivity index (χ0n) is 6.26. The highest BCUT2D eigenvalue weighted by Crippen LogP contribution is 2.24. The maximum absolute atomic E-state index is 5.90. The minimum absolute atomic E-state index is 0.367. The Kier molecular flexibility index (Phi) is 2.58. The summed E-state index contributed by atoms with van der Waals surface area (Å²) in [5.41, 5.74) is 0.769. The lowest BCUT2D eigenvalue weighted by Gasteiger charge is -2.00. The summed E-state index contributed by atoms with van der Waals surface area (Å²) >= 11 is 13.8. The number of hydrogen-bond donors (Lipinski definition) is 0. The Labute approximate surface area is 98.4 Å². The van der Waals surface area contributed by atoms with E-state index in [2.05, 4.69) is 32.6 Å². The average Bonchev–Trinajstić information content (AvgIpc) is 2.06. The van der Waals surface area contributed by atoms with Crippen molar-refractivity contribution in [3.8, 4) is 0 Å². The van der Waals surface area contributed by atoms with E-state index in [9.17, 15) is 0 Å². The van der Waals surface area contributed by atoms with Gasteiger partial charge in [0, 0.05) is 21.2 Å². The summed E-state index contributed by atoms with van der Waals surface area (Å²) in [5.74, 6) is 0. The highest BCUT2D eigenvalue weighted by Gasteiger charge is 2.03. The molecule has 2 heterocycles. The Bertz CT molecular complexity index is 473. The predicted molar refractivity (Wildman–Crippen MR) is 62.3 cm³/mol. The van der Waals surface area contributed by atoms with Gasteiger partial charge in [-0.25, -0.2) is 4.98 Å². The van der Waals surface area contributed by atoms with Crippen molar-refractivity contribution in [1.29, 1.82) is 0 Å². The molecule has 0 spiro atoms. The minimum atomic E-state index is 0.367. The third kappa shape index (κ3) is 1.87. The molecule has 0 N–H and O–H groups in total. The van der Waals surface area contributed by atoms with Gasteiger partial charge in [0.15, 0.2) is 0 Å². The Morgan fingerprint density at radius 2 is 2.00 bits per heavy atom. The van der Waals surface area contributed by atoms with Gasteiger partial charge in [-0.1, -0.05) is 23.2 Å². The van der Waals surface area contributed by atoms with Crippen molar-refractivity contribution in [2.75, 3.05) is 0 Å². The van der Waals surface area contributed by atoms with Crippen LogP contribution in [0.1, 0.15) is 0 Å². The van der Waals surface area contributed by atoms with Gasteiger partial charge in [-0.15, -0.1) is 0 Å². The molecule has 2 aromatic heterocycles. The third-order valence-corrected chi connectivity index (χ3v) is 2.64. The molecule has 0 saturated carbocycles. The van der Waals surface area contributed by atoms with Crippen LogP contribution in [0.2, 0.25) is 10.3 Å². The molecular weight excluding hydrogens is 322 g/mol. The normalized spacial score (nSPS) is 10.7. The van der Waals surface area contributed by atoms with Gasteiger partial charge in [-0.3, -0.25) is 4.98 Å². The second-order valence-electron chi connectivity index (χ2n) is 2.46. The largest absolute Gasteiger partial charge is 0.255 e. The van der Waals surface area contributed by atoms with Crippen LogP contribution in [0.3, 0.4) is 0 Å². The van der Waals surface area contributed by atoms with Crippen molar-refractivity contribution >= 4 is 56.7 Å². The average molecular weight is 325 g/mol. The van der Waals surface area contributed by atoms with Gasteiger partial charge >= 0.3 is 0 Å². The number of halogens is 3. The van der Waals surface area contributed by atoms with Gasteiger partial charge in [-0.05, 0) is 28.7 Å². The summed E-state index contributed by atoms with van der Waals surface area (Å²) in [6.45, 7) is 0. The van der Waals surface area contributed by atoms with Gasteiger partial charge < -0.3 is 0 Å². The number of rotatable bonds is 0. The Hall–Kier alpha value is -0.130. The summed E-state index contributed by atoms with van der Waals surface area (Å²) in [4.78, 5) is 8.12.